The highest BCUT2D eigenvalue weighted by molar-refractivity contribution is 5.89. The van der Waals surface area contributed by atoms with Gasteiger partial charge in [0, 0.05) is 6.54 Å². The number of carboxylic acid groups (broad SMARTS) is 1. The summed E-state index contributed by atoms with van der Waals surface area (Å²) in [6.45, 7) is 0.544. The zero-order chi connectivity index (χ0) is 13.1. The Bertz CT molecular complexity index is 472. The summed E-state index contributed by atoms with van der Waals surface area (Å²) in [7, 11) is 1.33. The molecule has 96 valence electrons. The third kappa shape index (κ3) is 2.30. The molecule has 5 heteroatoms. The van der Waals surface area contributed by atoms with Crippen LogP contribution in [0.2, 0.25) is 0 Å². The summed E-state index contributed by atoms with van der Waals surface area (Å²) >= 11 is 0. The Morgan fingerprint density at radius 3 is 2.89 bits per heavy atom. The molecule has 1 aromatic carbocycles. The number of hydrogen-bond acceptors (Lipinski definition) is 3. The van der Waals surface area contributed by atoms with Gasteiger partial charge in [-0.15, -0.1) is 0 Å². The summed E-state index contributed by atoms with van der Waals surface area (Å²) in [6.07, 6.45) is 0.719. The number of benzene rings is 1. The van der Waals surface area contributed by atoms with E-state index >= 15 is 0 Å². The Balaban J connectivity index is 2.28. The molecule has 1 heterocycles. The number of ether oxygens (including phenoxy) is 1. The van der Waals surface area contributed by atoms with Crippen LogP contribution in [-0.4, -0.2) is 35.7 Å². The van der Waals surface area contributed by atoms with Crippen LogP contribution in [0, 0.1) is 0 Å². The number of likely N-dealkylation sites (tertiary alicyclic amines) is 1. The van der Waals surface area contributed by atoms with Crippen LogP contribution in [0.5, 0.6) is 0 Å². The largest absolute Gasteiger partial charge is 0.465 e. The number of carbonyl (C=O) groups excluding carboxylic acids is 1. The fraction of sp³-hybridized carbons (Fsp3) is 0.385. The lowest BCUT2D eigenvalue weighted by Gasteiger charge is -2.22. The van der Waals surface area contributed by atoms with Crippen molar-refractivity contribution in [3.63, 3.8) is 0 Å². The highest BCUT2D eigenvalue weighted by atomic mass is 16.5. The first-order valence-corrected chi connectivity index (χ1v) is 5.81. The van der Waals surface area contributed by atoms with E-state index in [0.29, 0.717) is 12.1 Å². The van der Waals surface area contributed by atoms with Gasteiger partial charge in [0.25, 0.3) is 0 Å². The quantitative estimate of drug-likeness (QED) is 0.816. The SMILES string of the molecule is COC(=O)c1cccc([C@H]2CCCN2C(=O)O)c1. The number of carbonyl (C=O) groups is 2. The maximum atomic E-state index is 11.4. The van der Waals surface area contributed by atoms with Crippen molar-refractivity contribution in [1.29, 1.82) is 0 Å². The van der Waals surface area contributed by atoms with Crippen LogP contribution in [0.1, 0.15) is 34.8 Å². The highest BCUT2D eigenvalue weighted by Gasteiger charge is 2.29. The maximum absolute atomic E-state index is 11.4. The molecule has 18 heavy (non-hydrogen) atoms. The molecule has 1 atom stereocenters. The Morgan fingerprint density at radius 1 is 1.44 bits per heavy atom. The second-order valence-corrected chi connectivity index (χ2v) is 4.25. The van der Waals surface area contributed by atoms with Crippen molar-refractivity contribution in [1.82, 2.24) is 4.90 Å². The average Bonchev–Trinajstić information content (AvgIpc) is 2.87. The third-order valence-corrected chi connectivity index (χ3v) is 3.19. The molecule has 1 saturated heterocycles. The van der Waals surface area contributed by atoms with Gasteiger partial charge in [-0.1, -0.05) is 12.1 Å². The van der Waals surface area contributed by atoms with Crippen molar-refractivity contribution in [2.24, 2.45) is 0 Å². The first-order chi connectivity index (χ1) is 8.63. The van der Waals surface area contributed by atoms with Crippen molar-refractivity contribution in [2.75, 3.05) is 13.7 Å². The summed E-state index contributed by atoms with van der Waals surface area (Å²) in [5.41, 5.74) is 1.30. The third-order valence-electron chi connectivity index (χ3n) is 3.19. The van der Waals surface area contributed by atoms with Crippen LogP contribution in [0.4, 0.5) is 4.79 Å². The molecule has 0 spiro atoms. The lowest BCUT2D eigenvalue weighted by atomic mass is 10.0. The first kappa shape index (κ1) is 12.4. The summed E-state index contributed by atoms with van der Waals surface area (Å²) < 4.78 is 4.66. The molecular formula is C13H15NO4. The molecule has 5 nitrogen and oxygen atoms in total. The van der Waals surface area contributed by atoms with Gasteiger partial charge in [0.05, 0.1) is 18.7 Å². The van der Waals surface area contributed by atoms with Crippen LogP contribution >= 0.6 is 0 Å². The summed E-state index contributed by atoms with van der Waals surface area (Å²) in [5.74, 6) is -0.406. The second kappa shape index (κ2) is 5.08. The molecule has 0 unspecified atom stereocenters. The molecule has 0 bridgehead atoms. The molecule has 1 amide bonds. The molecule has 2 rings (SSSR count). The van der Waals surface area contributed by atoms with E-state index in [0.717, 1.165) is 18.4 Å². The molecule has 0 saturated carbocycles. The Morgan fingerprint density at radius 2 is 2.22 bits per heavy atom. The van der Waals surface area contributed by atoms with Crippen LogP contribution in [0.25, 0.3) is 0 Å². The fourth-order valence-electron chi connectivity index (χ4n) is 2.33. The number of nitrogens with zero attached hydrogens (tertiary/aromatic N) is 1. The highest BCUT2D eigenvalue weighted by Crippen LogP contribution is 2.32. The minimum atomic E-state index is -0.916. The van der Waals surface area contributed by atoms with Crippen LogP contribution in [-0.2, 0) is 4.74 Å². The average molecular weight is 249 g/mol. The molecule has 0 aliphatic carbocycles. The summed E-state index contributed by atoms with van der Waals surface area (Å²) in [5, 5.41) is 9.10. The van der Waals surface area contributed by atoms with Crippen LogP contribution in [0.3, 0.4) is 0 Å². The van der Waals surface area contributed by atoms with Gasteiger partial charge in [-0.2, -0.15) is 0 Å². The number of esters is 1. The van der Waals surface area contributed by atoms with Crippen molar-refractivity contribution >= 4 is 12.1 Å². The van der Waals surface area contributed by atoms with E-state index in [-0.39, 0.29) is 6.04 Å². The Kier molecular flexibility index (Phi) is 3.50. The predicted molar refractivity (Wildman–Crippen MR) is 64.5 cm³/mol. The molecule has 1 aliphatic heterocycles. The Hall–Kier alpha value is -2.04. The van der Waals surface area contributed by atoms with E-state index in [1.165, 1.54) is 12.0 Å². The predicted octanol–water partition coefficient (Wildman–Crippen LogP) is 2.29. The first-order valence-electron chi connectivity index (χ1n) is 5.81. The van der Waals surface area contributed by atoms with Gasteiger partial charge in [0.1, 0.15) is 0 Å². The number of methoxy groups -OCH3 is 1. The number of rotatable bonds is 2. The van der Waals surface area contributed by atoms with Gasteiger partial charge < -0.3 is 14.7 Å². The van der Waals surface area contributed by atoms with E-state index in [4.69, 9.17) is 5.11 Å². The summed E-state index contributed by atoms with van der Waals surface area (Å²) in [6, 6.07) is 6.80. The smallest absolute Gasteiger partial charge is 0.407 e. The van der Waals surface area contributed by atoms with Crippen molar-refractivity contribution < 1.29 is 19.4 Å². The maximum Gasteiger partial charge on any atom is 0.407 e. The van der Waals surface area contributed by atoms with E-state index < -0.39 is 12.1 Å². The molecule has 0 radical (unpaired) electrons. The molecule has 1 aliphatic rings. The van der Waals surface area contributed by atoms with Gasteiger partial charge in [-0.25, -0.2) is 9.59 Å². The van der Waals surface area contributed by atoms with Gasteiger partial charge in [0.2, 0.25) is 0 Å². The van der Waals surface area contributed by atoms with E-state index in [1.54, 1.807) is 18.2 Å². The minimum Gasteiger partial charge on any atom is -0.465 e. The molecule has 0 aromatic heterocycles. The van der Waals surface area contributed by atoms with Crippen molar-refractivity contribution in [3.8, 4) is 0 Å². The standard InChI is InChI=1S/C13H15NO4/c1-18-12(15)10-5-2-4-9(8-10)11-6-3-7-14(11)13(16)17/h2,4-5,8,11H,3,6-7H2,1H3,(H,16,17)/t11-/m1/s1. The van der Waals surface area contributed by atoms with Crippen LogP contribution in [0.15, 0.2) is 24.3 Å². The van der Waals surface area contributed by atoms with Crippen molar-refractivity contribution in [2.45, 2.75) is 18.9 Å². The number of amides is 1. The molecule has 1 N–H and O–H groups in total. The minimum absolute atomic E-state index is 0.160. The van der Waals surface area contributed by atoms with E-state index in [2.05, 4.69) is 4.74 Å². The summed E-state index contributed by atoms with van der Waals surface area (Å²) in [4.78, 5) is 24.0. The normalized spacial score (nSPS) is 18.7. The zero-order valence-corrected chi connectivity index (χ0v) is 10.1. The molecular weight excluding hydrogens is 234 g/mol. The fourth-order valence-corrected chi connectivity index (χ4v) is 2.33. The molecule has 1 aromatic rings. The zero-order valence-electron chi connectivity index (χ0n) is 10.1. The lowest BCUT2D eigenvalue weighted by molar-refractivity contribution is 0.0600. The molecule has 1 fully saturated rings. The monoisotopic (exact) mass is 249 g/mol. The Labute approximate surface area is 105 Å². The van der Waals surface area contributed by atoms with Crippen LogP contribution < -0.4 is 0 Å². The second-order valence-electron chi connectivity index (χ2n) is 4.25. The number of hydrogen-bond donors (Lipinski definition) is 1. The lowest BCUT2D eigenvalue weighted by Crippen LogP contribution is -2.28. The van der Waals surface area contributed by atoms with E-state index in [9.17, 15) is 9.59 Å². The van der Waals surface area contributed by atoms with Gasteiger partial charge in [-0.3, -0.25) is 0 Å². The topological polar surface area (TPSA) is 66.8 Å². The van der Waals surface area contributed by atoms with Gasteiger partial charge in [0.15, 0.2) is 0 Å². The van der Waals surface area contributed by atoms with Crippen molar-refractivity contribution in [3.05, 3.63) is 35.4 Å². The van der Waals surface area contributed by atoms with E-state index in [1.807, 2.05) is 6.07 Å². The van der Waals surface area contributed by atoms with Gasteiger partial charge >= 0.3 is 12.1 Å². The van der Waals surface area contributed by atoms with Gasteiger partial charge in [-0.05, 0) is 30.5 Å².